The number of carbonyl (C=O) groups is 1. The molecule has 0 aliphatic heterocycles. The van der Waals surface area contributed by atoms with Crippen LogP contribution in [0.1, 0.15) is 29.8 Å². The number of nitrogens with zero attached hydrogens (tertiary/aromatic N) is 1. The minimum absolute atomic E-state index is 0.0357. The van der Waals surface area contributed by atoms with Gasteiger partial charge in [0.25, 0.3) is 5.91 Å². The van der Waals surface area contributed by atoms with Crippen LogP contribution in [0.2, 0.25) is 0 Å². The number of amides is 1. The molecule has 1 aromatic carbocycles. The fraction of sp³-hybridized carbons (Fsp3) is 0.417. The second kappa shape index (κ2) is 5.73. The molecule has 0 saturated heterocycles. The molecule has 0 aromatic heterocycles. The molecule has 2 nitrogen and oxygen atoms in total. The first kappa shape index (κ1) is 15.0. The number of halogens is 4. The van der Waals surface area contributed by atoms with Gasteiger partial charge >= 0.3 is 6.18 Å². The van der Waals surface area contributed by atoms with Crippen LogP contribution >= 0.6 is 15.9 Å². The van der Waals surface area contributed by atoms with Gasteiger partial charge in [0.15, 0.2) is 0 Å². The minimum atomic E-state index is -4.45. The van der Waals surface area contributed by atoms with Crippen LogP contribution in [0.25, 0.3) is 0 Å². The topological polar surface area (TPSA) is 20.3 Å². The van der Waals surface area contributed by atoms with Crippen molar-refractivity contribution in [1.29, 1.82) is 0 Å². The molecule has 0 fully saturated rings. The lowest BCUT2D eigenvalue weighted by Gasteiger charge is -2.20. The maximum absolute atomic E-state index is 12.6. The summed E-state index contributed by atoms with van der Waals surface area (Å²) in [7, 11) is 0. The first-order valence-electron chi connectivity index (χ1n) is 5.47. The summed E-state index contributed by atoms with van der Waals surface area (Å²) in [5.41, 5.74) is -0.783. The molecule has 0 aliphatic carbocycles. The van der Waals surface area contributed by atoms with Crippen LogP contribution in [0.15, 0.2) is 22.7 Å². The maximum atomic E-state index is 12.6. The van der Waals surface area contributed by atoms with Crippen LogP contribution in [0.4, 0.5) is 13.2 Å². The van der Waals surface area contributed by atoms with Gasteiger partial charge in [-0.15, -0.1) is 0 Å². The lowest BCUT2D eigenvalue weighted by atomic mass is 10.1. The summed E-state index contributed by atoms with van der Waals surface area (Å²) < 4.78 is 38.1. The molecular formula is C12H13BrF3NO. The highest BCUT2D eigenvalue weighted by molar-refractivity contribution is 9.10. The third-order valence-corrected chi connectivity index (χ3v) is 3.27. The Hall–Kier alpha value is -1.04. The van der Waals surface area contributed by atoms with Gasteiger partial charge in [-0.25, -0.2) is 0 Å². The van der Waals surface area contributed by atoms with E-state index in [1.807, 2.05) is 0 Å². The molecule has 0 bridgehead atoms. The van der Waals surface area contributed by atoms with Crippen molar-refractivity contribution in [2.75, 3.05) is 13.1 Å². The van der Waals surface area contributed by atoms with Crippen molar-refractivity contribution >= 4 is 21.8 Å². The van der Waals surface area contributed by atoms with E-state index in [1.54, 1.807) is 13.8 Å². The Kier molecular flexibility index (Phi) is 4.78. The predicted octanol–water partition coefficient (Wildman–Crippen LogP) is 3.95. The van der Waals surface area contributed by atoms with E-state index in [-0.39, 0.29) is 5.56 Å². The van der Waals surface area contributed by atoms with Crippen molar-refractivity contribution in [3.63, 3.8) is 0 Å². The molecule has 1 aromatic rings. The van der Waals surface area contributed by atoms with Gasteiger partial charge in [0.2, 0.25) is 0 Å². The standard InChI is InChI=1S/C12H13BrF3NO/c1-3-17(4-2)11(18)9-7-8(12(14,15)16)5-6-10(9)13/h5-7H,3-4H2,1-2H3. The van der Waals surface area contributed by atoms with E-state index < -0.39 is 17.6 Å². The SMILES string of the molecule is CCN(CC)C(=O)c1cc(C(F)(F)F)ccc1Br. The van der Waals surface area contributed by atoms with E-state index in [2.05, 4.69) is 15.9 Å². The zero-order valence-corrected chi connectivity index (χ0v) is 11.6. The summed E-state index contributed by atoms with van der Waals surface area (Å²) in [6.45, 7) is 4.47. The molecule has 1 rings (SSSR count). The summed E-state index contributed by atoms with van der Waals surface area (Å²) >= 11 is 3.11. The maximum Gasteiger partial charge on any atom is 0.416 e. The number of hydrogen-bond acceptors (Lipinski definition) is 1. The van der Waals surface area contributed by atoms with E-state index in [9.17, 15) is 18.0 Å². The second-order valence-electron chi connectivity index (χ2n) is 3.67. The Morgan fingerprint density at radius 2 is 1.83 bits per heavy atom. The second-order valence-corrected chi connectivity index (χ2v) is 4.52. The quantitative estimate of drug-likeness (QED) is 0.824. The van der Waals surface area contributed by atoms with Crippen LogP contribution in [-0.2, 0) is 6.18 Å². The van der Waals surface area contributed by atoms with Crippen molar-refractivity contribution in [1.82, 2.24) is 4.90 Å². The molecule has 0 N–H and O–H groups in total. The van der Waals surface area contributed by atoms with Gasteiger partial charge in [-0.1, -0.05) is 0 Å². The molecule has 0 saturated carbocycles. The highest BCUT2D eigenvalue weighted by Gasteiger charge is 2.32. The zero-order valence-electron chi connectivity index (χ0n) is 10.0. The Labute approximate surface area is 112 Å². The third-order valence-electron chi connectivity index (χ3n) is 2.57. The Morgan fingerprint density at radius 1 is 1.28 bits per heavy atom. The number of rotatable bonds is 3. The smallest absolute Gasteiger partial charge is 0.339 e. The van der Waals surface area contributed by atoms with E-state index in [4.69, 9.17) is 0 Å². The van der Waals surface area contributed by atoms with Crippen molar-refractivity contribution in [2.45, 2.75) is 20.0 Å². The van der Waals surface area contributed by atoms with E-state index in [0.717, 1.165) is 12.1 Å². The summed E-state index contributed by atoms with van der Waals surface area (Å²) in [5.74, 6) is -0.405. The predicted molar refractivity (Wildman–Crippen MR) is 66.4 cm³/mol. The summed E-state index contributed by atoms with van der Waals surface area (Å²) in [6.07, 6.45) is -4.45. The van der Waals surface area contributed by atoms with Crippen LogP contribution in [0.3, 0.4) is 0 Å². The Morgan fingerprint density at radius 3 is 2.28 bits per heavy atom. The molecule has 0 atom stereocenters. The molecule has 0 unspecified atom stereocenters. The lowest BCUT2D eigenvalue weighted by molar-refractivity contribution is -0.137. The summed E-state index contributed by atoms with van der Waals surface area (Å²) in [4.78, 5) is 13.5. The Bertz CT molecular complexity index is 441. The molecule has 0 spiro atoms. The first-order chi connectivity index (χ1) is 8.31. The van der Waals surface area contributed by atoms with Gasteiger partial charge in [-0.05, 0) is 48.0 Å². The molecule has 0 aliphatic rings. The normalized spacial score (nSPS) is 11.4. The zero-order chi connectivity index (χ0) is 13.9. The first-order valence-corrected chi connectivity index (χ1v) is 6.26. The summed E-state index contributed by atoms with van der Waals surface area (Å²) in [6, 6.07) is 3.08. The van der Waals surface area contributed by atoms with Crippen molar-refractivity contribution in [3.05, 3.63) is 33.8 Å². The van der Waals surface area contributed by atoms with Crippen molar-refractivity contribution in [3.8, 4) is 0 Å². The van der Waals surface area contributed by atoms with Gasteiger partial charge in [0.05, 0.1) is 11.1 Å². The largest absolute Gasteiger partial charge is 0.416 e. The monoisotopic (exact) mass is 323 g/mol. The third kappa shape index (κ3) is 3.25. The highest BCUT2D eigenvalue weighted by Crippen LogP contribution is 2.32. The van der Waals surface area contributed by atoms with E-state index >= 15 is 0 Å². The van der Waals surface area contributed by atoms with E-state index in [1.165, 1.54) is 11.0 Å². The van der Waals surface area contributed by atoms with Crippen LogP contribution in [0, 0.1) is 0 Å². The average molecular weight is 324 g/mol. The molecule has 6 heteroatoms. The number of carbonyl (C=O) groups excluding carboxylic acids is 1. The number of benzene rings is 1. The van der Waals surface area contributed by atoms with Gasteiger partial charge < -0.3 is 4.90 Å². The minimum Gasteiger partial charge on any atom is -0.339 e. The average Bonchev–Trinajstić information content (AvgIpc) is 2.29. The van der Waals surface area contributed by atoms with Crippen LogP contribution in [-0.4, -0.2) is 23.9 Å². The van der Waals surface area contributed by atoms with Gasteiger partial charge in [0.1, 0.15) is 0 Å². The van der Waals surface area contributed by atoms with Crippen molar-refractivity contribution in [2.24, 2.45) is 0 Å². The molecule has 100 valence electrons. The lowest BCUT2D eigenvalue weighted by Crippen LogP contribution is -2.31. The number of alkyl halides is 3. The van der Waals surface area contributed by atoms with Gasteiger partial charge in [-0.2, -0.15) is 13.2 Å². The fourth-order valence-electron chi connectivity index (χ4n) is 1.55. The summed E-state index contributed by atoms with van der Waals surface area (Å²) in [5, 5.41) is 0. The van der Waals surface area contributed by atoms with Crippen LogP contribution < -0.4 is 0 Å². The highest BCUT2D eigenvalue weighted by atomic mass is 79.9. The molecule has 1 amide bonds. The Balaban J connectivity index is 3.19. The molecular weight excluding hydrogens is 311 g/mol. The van der Waals surface area contributed by atoms with E-state index in [0.29, 0.717) is 17.6 Å². The van der Waals surface area contributed by atoms with Crippen molar-refractivity contribution < 1.29 is 18.0 Å². The van der Waals surface area contributed by atoms with Gasteiger partial charge in [0, 0.05) is 17.6 Å². The van der Waals surface area contributed by atoms with Crippen LogP contribution in [0.5, 0.6) is 0 Å². The number of hydrogen-bond donors (Lipinski definition) is 0. The van der Waals surface area contributed by atoms with Gasteiger partial charge in [-0.3, -0.25) is 4.79 Å². The fourth-order valence-corrected chi connectivity index (χ4v) is 1.96. The molecule has 0 heterocycles. The molecule has 0 radical (unpaired) electrons. The molecule has 18 heavy (non-hydrogen) atoms.